The molecule has 0 radical (unpaired) electrons. The Balaban J connectivity index is 1.52. The molecule has 0 aliphatic heterocycles. The second-order valence-electron chi connectivity index (χ2n) is 8.75. The summed E-state index contributed by atoms with van der Waals surface area (Å²) in [5.41, 5.74) is 1.78. The van der Waals surface area contributed by atoms with Gasteiger partial charge in [-0.25, -0.2) is 21.9 Å². The van der Waals surface area contributed by atoms with Gasteiger partial charge in [-0.1, -0.05) is 12.1 Å². The highest BCUT2D eigenvalue weighted by Crippen LogP contribution is 2.32. The summed E-state index contributed by atoms with van der Waals surface area (Å²) in [5, 5.41) is 12.2. The van der Waals surface area contributed by atoms with Crippen LogP contribution in [0, 0.1) is 11.6 Å². The molecule has 34 heavy (non-hydrogen) atoms. The van der Waals surface area contributed by atoms with Gasteiger partial charge in [0.2, 0.25) is 10.0 Å². The smallest absolute Gasteiger partial charge is 0.209 e. The van der Waals surface area contributed by atoms with E-state index in [9.17, 15) is 22.3 Å². The molecule has 1 fully saturated rings. The third-order valence-electron chi connectivity index (χ3n) is 5.95. The van der Waals surface area contributed by atoms with E-state index in [0.717, 1.165) is 19.1 Å². The molecule has 4 aromatic rings. The first-order valence-electron chi connectivity index (χ1n) is 11.0. The van der Waals surface area contributed by atoms with E-state index in [1.807, 2.05) is 0 Å². The van der Waals surface area contributed by atoms with Gasteiger partial charge in [-0.2, -0.15) is 0 Å². The van der Waals surface area contributed by atoms with Crippen molar-refractivity contribution in [2.45, 2.75) is 37.6 Å². The Bertz CT molecular complexity index is 1400. The molecule has 5 rings (SSSR count). The fraction of sp³-hybridized carbons (Fsp3) is 0.280. The van der Waals surface area contributed by atoms with Gasteiger partial charge in [0.1, 0.15) is 17.4 Å². The highest BCUT2D eigenvalue weighted by molar-refractivity contribution is 7.88. The average Bonchev–Trinajstić information content (AvgIpc) is 3.55. The van der Waals surface area contributed by atoms with Gasteiger partial charge in [-0.05, 0) is 66.9 Å². The van der Waals surface area contributed by atoms with E-state index in [4.69, 9.17) is 4.74 Å². The topological polar surface area (TPSA) is 80.6 Å². The van der Waals surface area contributed by atoms with Crippen LogP contribution in [0.1, 0.15) is 24.4 Å². The Morgan fingerprint density at radius 3 is 2.06 bits per heavy atom. The predicted molar refractivity (Wildman–Crippen MR) is 126 cm³/mol. The van der Waals surface area contributed by atoms with E-state index < -0.39 is 33.8 Å². The monoisotopic (exact) mass is 486 g/mol. The highest BCUT2D eigenvalue weighted by atomic mass is 32.2. The van der Waals surface area contributed by atoms with Crippen LogP contribution in [0.2, 0.25) is 0 Å². The number of aliphatic hydroxyl groups is 1. The molecule has 2 unspecified atom stereocenters. The molecule has 2 N–H and O–H groups in total. The molecule has 1 saturated carbocycles. The van der Waals surface area contributed by atoms with Crippen LogP contribution >= 0.6 is 0 Å². The number of nitrogens with one attached hydrogen (secondary N) is 1. The van der Waals surface area contributed by atoms with Crippen molar-refractivity contribution in [1.82, 2.24) is 9.29 Å². The number of hydrogen-bond acceptors (Lipinski definition) is 4. The van der Waals surface area contributed by atoms with E-state index >= 15 is 0 Å². The Labute approximate surface area is 195 Å². The van der Waals surface area contributed by atoms with Gasteiger partial charge in [0.15, 0.2) is 0 Å². The second-order valence-corrected chi connectivity index (χ2v) is 10.5. The van der Waals surface area contributed by atoms with Crippen molar-refractivity contribution < 1.29 is 27.0 Å². The molecule has 9 heteroatoms. The number of aromatic nitrogens is 1. The summed E-state index contributed by atoms with van der Waals surface area (Å²) >= 11 is 0. The van der Waals surface area contributed by atoms with Crippen LogP contribution in [-0.4, -0.2) is 36.6 Å². The average molecular weight is 487 g/mol. The largest absolute Gasteiger partial charge is 0.490 e. The van der Waals surface area contributed by atoms with Gasteiger partial charge in [-0.15, -0.1) is 0 Å². The molecule has 6 nitrogen and oxygen atoms in total. The highest BCUT2D eigenvalue weighted by Gasteiger charge is 2.27. The number of hydrogen-bond donors (Lipinski definition) is 2. The Morgan fingerprint density at radius 2 is 1.56 bits per heavy atom. The summed E-state index contributed by atoms with van der Waals surface area (Å²) in [4.78, 5) is 0. The van der Waals surface area contributed by atoms with Crippen LogP contribution in [-0.2, 0) is 16.6 Å². The number of ether oxygens (including phenoxy) is 1. The van der Waals surface area contributed by atoms with E-state index in [1.165, 1.54) is 24.3 Å². The Hall–Kier alpha value is -3.01. The zero-order valence-electron chi connectivity index (χ0n) is 18.4. The van der Waals surface area contributed by atoms with Crippen molar-refractivity contribution >= 4 is 31.8 Å². The predicted octanol–water partition coefficient (Wildman–Crippen LogP) is 4.27. The first kappa shape index (κ1) is 22.8. The number of benzene rings is 3. The summed E-state index contributed by atoms with van der Waals surface area (Å²) in [7, 11) is -3.66. The Morgan fingerprint density at radius 1 is 1.00 bits per heavy atom. The molecule has 3 aromatic carbocycles. The van der Waals surface area contributed by atoms with E-state index in [0.29, 0.717) is 33.1 Å². The molecule has 178 valence electrons. The third kappa shape index (κ3) is 4.77. The molecule has 1 aliphatic rings. The normalized spacial score (nSPS) is 16.1. The van der Waals surface area contributed by atoms with Crippen molar-refractivity contribution in [3.05, 3.63) is 77.9 Å². The molecule has 1 heterocycles. The fourth-order valence-corrected chi connectivity index (χ4v) is 5.02. The maximum atomic E-state index is 13.9. The van der Waals surface area contributed by atoms with E-state index in [1.54, 1.807) is 41.0 Å². The number of fused-ring (bicyclic) bond motifs is 3. The van der Waals surface area contributed by atoms with Crippen LogP contribution in [0.25, 0.3) is 21.8 Å². The quantitative estimate of drug-likeness (QED) is 0.390. The first-order chi connectivity index (χ1) is 16.2. The maximum Gasteiger partial charge on any atom is 0.209 e. The van der Waals surface area contributed by atoms with Crippen LogP contribution in [0.15, 0.2) is 60.7 Å². The van der Waals surface area contributed by atoms with Gasteiger partial charge >= 0.3 is 0 Å². The van der Waals surface area contributed by atoms with Crippen molar-refractivity contribution in [3.63, 3.8) is 0 Å². The summed E-state index contributed by atoms with van der Waals surface area (Å²) in [6.45, 7) is -0.00915. The SMILES string of the molecule is CS(=O)(=O)NC(c1ccc(OC2CC2)cc1)C(O)Cn1c2ccc(F)cc2c2cc(F)ccc21. The lowest BCUT2D eigenvalue weighted by atomic mass is 10.0. The lowest BCUT2D eigenvalue weighted by Crippen LogP contribution is -2.37. The van der Waals surface area contributed by atoms with Crippen molar-refractivity contribution in [2.75, 3.05) is 6.26 Å². The lowest BCUT2D eigenvalue weighted by molar-refractivity contribution is 0.121. The van der Waals surface area contributed by atoms with Crippen molar-refractivity contribution in [2.24, 2.45) is 0 Å². The van der Waals surface area contributed by atoms with Crippen LogP contribution in [0.4, 0.5) is 8.78 Å². The van der Waals surface area contributed by atoms with E-state index in [2.05, 4.69) is 4.72 Å². The van der Waals surface area contributed by atoms with Crippen LogP contribution < -0.4 is 9.46 Å². The van der Waals surface area contributed by atoms with Crippen LogP contribution in [0.3, 0.4) is 0 Å². The van der Waals surface area contributed by atoms with E-state index in [-0.39, 0.29) is 12.6 Å². The summed E-state index contributed by atoms with van der Waals surface area (Å²) in [6, 6.07) is 14.4. The second kappa shape index (κ2) is 8.65. The molecule has 0 spiro atoms. The molecule has 2 atom stereocenters. The minimum atomic E-state index is -3.66. The zero-order chi connectivity index (χ0) is 24.0. The number of sulfonamides is 1. The Kier molecular flexibility index (Phi) is 5.79. The van der Waals surface area contributed by atoms with Crippen molar-refractivity contribution in [1.29, 1.82) is 0 Å². The van der Waals surface area contributed by atoms with Gasteiger partial charge in [0.25, 0.3) is 0 Å². The van der Waals surface area contributed by atoms with Gasteiger partial charge in [0, 0.05) is 21.8 Å². The molecular weight excluding hydrogens is 462 g/mol. The molecule has 1 aromatic heterocycles. The van der Waals surface area contributed by atoms with Gasteiger partial charge < -0.3 is 14.4 Å². The number of halogens is 2. The summed E-state index contributed by atoms with van der Waals surface area (Å²) in [5.74, 6) is -0.228. The summed E-state index contributed by atoms with van der Waals surface area (Å²) < 4.78 is 62.1. The minimum absolute atomic E-state index is 0.00915. The molecule has 0 bridgehead atoms. The minimum Gasteiger partial charge on any atom is -0.490 e. The first-order valence-corrected chi connectivity index (χ1v) is 12.9. The lowest BCUT2D eigenvalue weighted by Gasteiger charge is -2.25. The molecule has 1 aliphatic carbocycles. The van der Waals surface area contributed by atoms with Crippen LogP contribution in [0.5, 0.6) is 5.75 Å². The fourth-order valence-electron chi connectivity index (χ4n) is 4.27. The van der Waals surface area contributed by atoms with Gasteiger partial charge in [-0.3, -0.25) is 0 Å². The standard InChI is InChI=1S/C25H24F2N2O4S/c1-34(31,32)28-25(15-2-6-18(7-3-15)33-19-8-9-19)24(30)14-29-22-10-4-16(26)12-20(22)21-13-17(27)5-11-23(21)29/h2-7,10-13,19,24-25,28,30H,8-9,14H2,1H3. The number of aliphatic hydroxyl groups excluding tert-OH is 1. The summed E-state index contributed by atoms with van der Waals surface area (Å²) in [6.07, 6.45) is 2.12. The molecule has 0 saturated heterocycles. The number of nitrogens with zero attached hydrogens (tertiary/aromatic N) is 1. The van der Waals surface area contributed by atoms with Crippen molar-refractivity contribution in [3.8, 4) is 5.75 Å². The molecule has 0 amide bonds. The zero-order valence-corrected chi connectivity index (χ0v) is 19.2. The van der Waals surface area contributed by atoms with Gasteiger partial charge in [0.05, 0.1) is 31.1 Å². The number of rotatable bonds is 8. The molecular formula is C25H24F2N2O4S. The maximum absolute atomic E-state index is 13.9. The third-order valence-corrected chi connectivity index (χ3v) is 6.63.